The van der Waals surface area contributed by atoms with E-state index < -0.39 is 11.2 Å². The van der Waals surface area contributed by atoms with Crippen LogP contribution in [0.1, 0.15) is 23.0 Å². The minimum atomic E-state index is -0.615. The van der Waals surface area contributed by atoms with E-state index >= 15 is 0 Å². The quantitative estimate of drug-likeness (QED) is 0.325. The predicted octanol–water partition coefficient (Wildman–Crippen LogP) is 5.03. The summed E-state index contributed by atoms with van der Waals surface area (Å²) in [6.07, 6.45) is -0.615. The molecule has 0 N–H and O–H groups in total. The van der Waals surface area contributed by atoms with Crippen molar-refractivity contribution >= 4 is 5.69 Å². The highest BCUT2D eigenvalue weighted by Gasteiger charge is 2.15. The van der Waals surface area contributed by atoms with Crippen molar-refractivity contribution in [2.24, 2.45) is 0 Å². The van der Waals surface area contributed by atoms with E-state index in [-0.39, 0.29) is 5.69 Å². The molecule has 0 spiro atoms. The molecule has 3 aromatic rings. The first-order valence-electron chi connectivity index (χ1n) is 8.28. The first-order valence-corrected chi connectivity index (χ1v) is 8.28. The zero-order valence-corrected chi connectivity index (χ0v) is 14.2. The molecule has 0 amide bonds. The standard InChI is InChI=1S/C21H19NO4/c23-22(24)20-13-11-19(12-14-20)21(25-15-17-7-3-1-4-8-17)26-16-18-9-5-2-6-10-18/h1-14,21H,15-16H2. The van der Waals surface area contributed by atoms with Gasteiger partial charge in [-0.15, -0.1) is 0 Å². The van der Waals surface area contributed by atoms with Gasteiger partial charge in [-0.05, 0) is 23.3 Å². The van der Waals surface area contributed by atoms with Crippen molar-refractivity contribution in [2.45, 2.75) is 19.5 Å². The van der Waals surface area contributed by atoms with E-state index in [0.29, 0.717) is 13.2 Å². The van der Waals surface area contributed by atoms with Crippen LogP contribution in [0, 0.1) is 10.1 Å². The number of hydrogen-bond donors (Lipinski definition) is 0. The lowest BCUT2D eigenvalue weighted by atomic mass is 10.2. The third kappa shape index (κ3) is 4.99. The molecule has 5 heteroatoms. The second-order valence-corrected chi connectivity index (χ2v) is 5.77. The maximum Gasteiger partial charge on any atom is 0.269 e. The molecule has 0 atom stereocenters. The number of nitrogens with zero attached hydrogens (tertiary/aromatic N) is 1. The molecule has 26 heavy (non-hydrogen) atoms. The highest BCUT2D eigenvalue weighted by Crippen LogP contribution is 2.24. The van der Waals surface area contributed by atoms with Crippen LogP contribution in [-0.2, 0) is 22.7 Å². The molecule has 3 rings (SSSR count). The first-order chi connectivity index (χ1) is 12.7. The van der Waals surface area contributed by atoms with E-state index in [2.05, 4.69) is 0 Å². The highest BCUT2D eigenvalue weighted by molar-refractivity contribution is 5.33. The molecule has 0 aliphatic carbocycles. The smallest absolute Gasteiger partial charge is 0.269 e. The second-order valence-electron chi connectivity index (χ2n) is 5.77. The molecule has 0 fully saturated rings. The van der Waals surface area contributed by atoms with Gasteiger partial charge in [-0.3, -0.25) is 10.1 Å². The van der Waals surface area contributed by atoms with E-state index in [1.807, 2.05) is 60.7 Å². The Morgan fingerprint density at radius 1 is 0.731 bits per heavy atom. The molecule has 0 saturated carbocycles. The largest absolute Gasteiger partial charge is 0.344 e. The second kappa shape index (κ2) is 8.89. The fourth-order valence-electron chi connectivity index (χ4n) is 2.49. The van der Waals surface area contributed by atoms with Gasteiger partial charge >= 0.3 is 0 Å². The van der Waals surface area contributed by atoms with Gasteiger partial charge in [0.05, 0.1) is 18.1 Å². The van der Waals surface area contributed by atoms with Crippen LogP contribution < -0.4 is 0 Å². The summed E-state index contributed by atoms with van der Waals surface area (Å²) >= 11 is 0. The Bertz CT molecular complexity index is 776. The van der Waals surface area contributed by atoms with Gasteiger partial charge in [-0.1, -0.05) is 60.7 Å². The average molecular weight is 349 g/mol. The van der Waals surface area contributed by atoms with Crippen molar-refractivity contribution in [3.63, 3.8) is 0 Å². The normalized spacial score (nSPS) is 10.8. The lowest BCUT2D eigenvalue weighted by Crippen LogP contribution is -2.09. The Balaban J connectivity index is 1.72. The minimum absolute atomic E-state index is 0.0404. The van der Waals surface area contributed by atoms with Gasteiger partial charge in [-0.25, -0.2) is 0 Å². The molecule has 0 aliphatic heterocycles. The number of benzene rings is 3. The van der Waals surface area contributed by atoms with Gasteiger partial charge in [-0.2, -0.15) is 0 Å². The summed E-state index contributed by atoms with van der Waals surface area (Å²) in [5.41, 5.74) is 2.84. The Kier molecular flexibility index (Phi) is 6.09. The van der Waals surface area contributed by atoms with Crippen LogP contribution >= 0.6 is 0 Å². The van der Waals surface area contributed by atoms with Crippen molar-refractivity contribution in [3.8, 4) is 0 Å². The van der Waals surface area contributed by atoms with Crippen LogP contribution in [-0.4, -0.2) is 4.92 Å². The molecule has 0 heterocycles. The molecule has 5 nitrogen and oxygen atoms in total. The summed E-state index contributed by atoms with van der Waals surface area (Å²) in [4.78, 5) is 10.4. The van der Waals surface area contributed by atoms with Gasteiger partial charge in [0, 0.05) is 17.7 Å². The van der Waals surface area contributed by atoms with Crippen LogP contribution in [0.5, 0.6) is 0 Å². The van der Waals surface area contributed by atoms with Crippen molar-refractivity contribution in [1.82, 2.24) is 0 Å². The molecule has 0 radical (unpaired) electrons. The Hall–Kier alpha value is -3.02. The molecule has 0 aromatic heterocycles. The van der Waals surface area contributed by atoms with E-state index in [1.165, 1.54) is 12.1 Å². The third-order valence-electron chi connectivity index (χ3n) is 3.86. The lowest BCUT2D eigenvalue weighted by Gasteiger charge is -2.19. The number of hydrogen-bond acceptors (Lipinski definition) is 4. The number of non-ortho nitro benzene ring substituents is 1. The van der Waals surface area contributed by atoms with Crippen molar-refractivity contribution in [1.29, 1.82) is 0 Å². The summed E-state index contributed by atoms with van der Waals surface area (Å²) in [6, 6.07) is 25.8. The van der Waals surface area contributed by atoms with Crippen LogP contribution in [0.15, 0.2) is 84.9 Å². The topological polar surface area (TPSA) is 61.6 Å². The van der Waals surface area contributed by atoms with E-state index in [1.54, 1.807) is 12.1 Å². The van der Waals surface area contributed by atoms with Gasteiger partial charge in [0.25, 0.3) is 5.69 Å². The molecule has 3 aromatic carbocycles. The lowest BCUT2D eigenvalue weighted by molar-refractivity contribution is -0.384. The molecule has 0 unspecified atom stereocenters. The maximum atomic E-state index is 10.8. The molecule has 0 saturated heterocycles. The van der Waals surface area contributed by atoms with Crippen LogP contribution in [0.2, 0.25) is 0 Å². The maximum absolute atomic E-state index is 10.8. The van der Waals surface area contributed by atoms with Gasteiger partial charge in [0.15, 0.2) is 6.29 Å². The number of rotatable bonds is 8. The summed E-state index contributed by atoms with van der Waals surface area (Å²) in [5, 5.41) is 10.8. The first kappa shape index (κ1) is 17.8. The van der Waals surface area contributed by atoms with Crippen molar-refractivity contribution in [3.05, 3.63) is 112 Å². The van der Waals surface area contributed by atoms with Crippen LogP contribution in [0.3, 0.4) is 0 Å². The van der Waals surface area contributed by atoms with Crippen LogP contribution in [0.25, 0.3) is 0 Å². The predicted molar refractivity (Wildman–Crippen MR) is 98.3 cm³/mol. The molecular formula is C21H19NO4. The zero-order valence-electron chi connectivity index (χ0n) is 14.2. The third-order valence-corrected chi connectivity index (χ3v) is 3.86. The fourth-order valence-corrected chi connectivity index (χ4v) is 2.49. The Labute approximate surface area is 152 Å². The minimum Gasteiger partial charge on any atom is -0.344 e. The Morgan fingerprint density at radius 3 is 1.62 bits per heavy atom. The van der Waals surface area contributed by atoms with E-state index in [4.69, 9.17) is 9.47 Å². The number of ether oxygens (including phenoxy) is 2. The van der Waals surface area contributed by atoms with Gasteiger partial charge < -0.3 is 9.47 Å². The van der Waals surface area contributed by atoms with E-state index in [0.717, 1.165) is 16.7 Å². The van der Waals surface area contributed by atoms with Crippen molar-refractivity contribution in [2.75, 3.05) is 0 Å². The van der Waals surface area contributed by atoms with Gasteiger partial charge in [0.2, 0.25) is 0 Å². The average Bonchev–Trinajstić information content (AvgIpc) is 2.70. The van der Waals surface area contributed by atoms with Crippen LogP contribution in [0.4, 0.5) is 5.69 Å². The summed E-state index contributed by atoms with van der Waals surface area (Å²) in [6.45, 7) is 0.772. The summed E-state index contributed by atoms with van der Waals surface area (Å²) in [5.74, 6) is 0. The summed E-state index contributed by atoms with van der Waals surface area (Å²) < 4.78 is 11.9. The number of nitro benzene ring substituents is 1. The SMILES string of the molecule is O=[N+]([O-])c1ccc(C(OCc2ccccc2)OCc2ccccc2)cc1. The number of nitro groups is 1. The Morgan fingerprint density at radius 2 is 1.19 bits per heavy atom. The van der Waals surface area contributed by atoms with Crippen molar-refractivity contribution < 1.29 is 14.4 Å². The summed E-state index contributed by atoms with van der Waals surface area (Å²) in [7, 11) is 0. The highest BCUT2D eigenvalue weighted by atomic mass is 16.7. The molecule has 0 aliphatic rings. The molecule has 0 bridgehead atoms. The van der Waals surface area contributed by atoms with E-state index in [9.17, 15) is 10.1 Å². The zero-order chi connectivity index (χ0) is 18.2. The molecular weight excluding hydrogens is 330 g/mol. The van der Waals surface area contributed by atoms with Gasteiger partial charge in [0.1, 0.15) is 0 Å². The molecule has 132 valence electrons. The monoisotopic (exact) mass is 349 g/mol. The fraction of sp³-hybridized carbons (Fsp3) is 0.143.